The van der Waals surface area contributed by atoms with Crippen LogP contribution in [0, 0.1) is 0 Å². The van der Waals surface area contributed by atoms with Gasteiger partial charge in [-0.25, -0.2) is 0 Å². The quantitative estimate of drug-likeness (QED) is 0.279. The molecule has 0 unspecified atom stereocenters. The molecule has 3 heteroatoms. The molecule has 0 radical (unpaired) electrons. The standard InChI is InChI=1S/C3H6O3/c4-1-2-6-3-5/h1,5H,2-3H2. The maximum absolute atomic E-state index is 9.33. The van der Waals surface area contributed by atoms with Gasteiger partial charge in [-0.3, -0.25) is 0 Å². The highest BCUT2D eigenvalue weighted by molar-refractivity contribution is 5.50. The fourth-order valence-corrected chi connectivity index (χ4v) is 0.101. The van der Waals surface area contributed by atoms with Crippen molar-refractivity contribution in [1.82, 2.24) is 0 Å². The van der Waals surface area contributed by atoms with Crippen molar-refractivity contribution < 1.29 is 14.6 Å². The van der Waals surface area contributed by atoms with Crippen molar-refractivity contribution in [1.29, 1.82) is 0 Å². The van der Waals surface area contributed by atoms with Crippen LogP contribution in [0.2, 0.25) is 0 Å². The molecule has 1 N–H and O–H groups in total. The average molecular weight is 90.1 g/mol. The van der Waals surface area contributed by atoms with E-state index in [-0.39, 0.29) is 13.4 Å². The van der Waals surface area contributed by atoms with Gasteiger partial charge >= 0.3 is 0 Å². The van der Waals surface area contributed by atoms with Crippen LogP contribution >= 0.6 is 0 Å². The first-order valence-corrected chi connectivity index (χ1v) is 1.54. The van der Waals surface area contributed by atoms with Crippen molar-refractivity contribution in [3.8, 4) is 0 Å². The van der Waals surface area contributed by atoms with Crippen molar-refractivity contribution >= 4 is 6.29 Å². The van der Waals surface area contributed by atoms with Crippen LogP contribution in [-0.2, 0) is 9.53 Å². The molecule has 0 amide bonds. The van der Waals surface area contributed by atoms with Gasteiger partial charge in [0.2, 0.25) is 0 Å². The molecule has 0 saturated heterocycles. The highest BCUT2D eigenvalue weighted by Crippen LogP contribution is 1.59. The van der Waals surface area contributed by atoms with Gasteiger partial charge in [-0.15, -0.1) is 0 Å². The van der Waals surface area contributed by atoms with Gasteiger partial charge in [0.05, 0.1) is 0 Å². The van der Waals surface area contributed by atoms with Crippen LogP contribution < -0.4 is 0 Å². The lowest BCUT2D eigenvalue weighted by molar-refractivity contribution is -0.115. The number of rotatable bonds is 3. The predicted molar refractivity (Wildman–Crippen MR) is 19.1 cm³/mol. The fraction of sp³-hybridized carbons (Fsp3) is 0.667. The van der Waals surface area contributed by atoms with Crippen LogP contribution in [-0.4, -0.2) is 24.8 Å². The van der Waals surface area contributed by atoms with Gasteiger partial charge in [0.15, 0.2) is 0 Å². The van der Waals surface area contributed by atoms with Gasteiger partial charge < -0.3 is 14.6 Å². The van der Waals surface area contributed by atoms with E-state index in [9.17, 15) is 4.79 Å². The summed E-state index contributed by atoms with van der Waals surface area (Å²) in [4.78, 5) is 9.33. The van der Waals surface area contributed by atoms with E-state index >= 15 is 0 Å². The summed E-state index contributed by atoms with van der Waals surface area (Å²) in [6.45, 7) is -0.394. The number of aldehydes is 1. The Bertz CT molecular complexity index is 35.0. The Kier molecular flexibility index (Phi) is 4.28. The lowest BCUT2D eigenvalue weighted by Crippen LogP contribution is -1.94. The molecular formula is C3H6O3. The summed E-state index contributed by atoms with van der Waals surface area (Å²) in [5, 5.41) is 7.82. The van der Waals surface area contributed by atoms with E-state index in [1.54, 1.807) is 0 Å². The highest BCUT2D eigenvalue weighted by Gasteiger charge is 1.72. The number of hydrogen-bond donors (Lipinski definition) is 1. The lowest BCUT2D eigenvalue weighted by Gasteiger charge is -1.85. The molecule has 0 aromatic rings. The minimum absolute atomic E-state index is 0.0174. The molecule has 0 aliphatic heterocycles. The first kappa shape index (κ1) is 5.59. The van der Waals surface area contributed by atoms with Gasteiger partial charge in [-0.2, -0.15) is 0 Å². The van der Waals surface area contributed by atoms with E-state index in [1.807, 2.05) is 0 Å². The first-order valence-electron chi connectivity index (χ1n) is 1.54. The van der Waals surface area contributed by atoms with Crippen LogP contribution in [0.5, 0.6) is 0 Å². The number of hydrogen-bond acceptors (Lipinski definition) is 3. The monoisotopic (exact) mass is 90.0 g/mol. The van der Waals surface area contributed by atoms with Crippen molar-refractivity contribution in [2.24, 2.45) is 0 Å². The van der Waals surface area contributed by atoms with Gasteiger partial charge in [0.1, 0.15) is 19.7 Å². The normalized spacial score (nSPS) is 8.17. The molecule has 0 aromatic heterocycles. The van der Waals surface area contributed by atoms with E-state index < -0.39 is 0 Å². The zero-order chi connectivity index (χ0) is 4.83. The fourth-order valence-electron chi connectivity index (χ4n) is 0.101. The SMILES string of the molecule is O=CCOCO. The Morgan fingerprint density at radius 2 is 2.50 bits per heavy atom. The van der Waals surface area contributed by atoms with Gasteiger partial charge in [0, 0.05) is 0 Å². The van der Waals surface area contributed by atoms with Crippen molar-refractivity contribution in [3.05, 3.63) is 0 Å². The van der Waals surface area contributed by atoms with Gasteiger partial charge in [0.25, 0.3) is 0 Å². The summed E-state index contributed by atoms with van der Waals surface area (Å²) in [6.07, 6.45) is 0.580. The molecule has 0 aromatic carbocycles. The molecule has 0 aliphatic carbocycles. The second kappa shape index (κ2) is 4.59. The molecule has 0 atom stereocenters. The topological polar surface area (TPSA) is 46.5 Å². The van der Waals surface area contributed by atoms with E-state index in [1.165, 1.54) is 0 Å². The third kappa shape index (κ3) is 3.59. The molecule has 0 spiro atoms. The third-order valence-electron chi connectivity index (χ3n) is 0.277. The average Bonchev–Trinajstić information content (AvgIpc) is 1.61. The smallest absolute Gasteiger partial charge is 0.145 e. The first-order chi connectivity index (χ1) is 2.91. The zero-order valence-electron chi connectivity index (χ0n) is 3.26. The molecule has 0 fully saturated rings. The van der Waals surface area contributed by atoms with Crippen molar-refractivity contribution in [2.75, 3.05) is 13.4 Å². The van der Waals surface area contributed by atoms with E-state index in [0.29, 0.717) is 6.29 Å². The second-order valence-corrected chi connectivity index (χ2v) is 0.667. The molecule has 0 rings (SSSR count). The summed E-state index contributed by atoms with van der Waals surface area (Å²) in [5.41, 5.74) is 0. The Labute approximate surface area is 35.5 Å². The van der Waals surface area contributed by atoms with E-state index in [0.717, 1.165) is 0 Å². The molecule has 0 bridgehead atoms. The molecule has 6 heavy (non-hydrogen) atoms. The Morgan fingerprint density at radius 3 is 2.67 bits per heavy atom. The van der Waals surface area contributed by atoms with E-state index in [4.69, 9.17) is 5.11 Å². The molecule has 0 saturated carbocycles. The molecule has 36 valence electrons. The second-order valence-electron chi connectivity index (χ2n) is 0.667. The van der Waals surface area contributed by atoms with Crippen LogP contribution in [0.3, 0.4) is 0 Å². The number of aliphatic hydroxyl groups excluding tert-OH is 1. The Balaban J connectivity index is 2.49. The maximum atomic E-state index is 9.33. The highest BCUT2D eigenvalue weighted by atomic mass is 16.6. The summed E-state index contributed by atoms with van der Waals surface area (Å²) < 4.78 is 4.17. The predicted octanol–water partition coefficient (Wildman–Crippen LogP) is -0.848. The van der Waals surface area contributed by atoms with Crippen molar-refractivity contribution in [3.63, 3.8) is 0 Å². The zero-order valence-corrected chi connectivity index (χ0v) is 3.26. The van der Waals surface area contributed by atoms with Crippen LogP contribution in [0.15, 0.2) is 0 Å². The minimum Gasteiger partial charge on any atom is -0.371 e. The Hall–Kier alpha value is -0.410. The lowest BCUT2D eigenvalue weighted by atomic mass is 10.8. The molecular weight excluding hydrogens is 84.0 g/mol. The number of ether oxygens (including phenoxy) is 1. The summed E-state index contributed by atoms with van der Waals surface area (Å²) in [7, 11) is 0. The summed E-state index contributed by atoms with van der Waals surface area (Å²) in [5.74, 6) is 0. The minimum atomic E-state index is -0.376. The molecule has 0 heterocycles. The van der Waals surface area contributed by atoms with E-state index in [2.05, 4.69) is 4.74 Å². The van der Waals surface area contributed by atoms with Gasteiger partial charge in [-0.1, -0.05) is 0 Å². The largest absolute Gasteiger partial charge is 0.371 e. The van der Waals surface area contributed by atoms with Crippen LogP contribution in [0.25, 0.3) is 0 Å². The molecule has 0 aliphatic rings. The van der Waals surface area contributed by atoms with Crippen LogP contribution in [0.1, 0.15) is 0 Å². The Morgan fingerprint density at radius 1 is 1.83 bits per heavy atom. The number of carbonyl (C=O) groups excluding carboxylic acids is 1. The molecule has 3 nitrogen and oxygen atoms in total. The number of aliphatic hydroxyl groups is 1. The summed E-state index contributed by atoms with van der Waals surface area (Å²) >= 11 is 0. The maximum Gasteiger partial charge on any atom is 0.145 e. The van der Waals surface area contributed by atoms with Crippen molar-refractivity contribution in [2.45, 2.75) is 0 Å². The van der Waals surface area contributed by atoms with Gasteiger partial charge in [-0.05, 0) is 0 Å². The third-order valence-corrected chi connectivity index (χ3v) is 0.277. The van der Waals surface area contributed by atoms with Crippen LogP contribution in [0.4, 0.5) is 0 Å². The number of carbonyl (C=O) groups is 1. The summed E-state index contributed by atoms with van der Waals surface area (Å²) in [6, 6.07) is 0.